The highest BCUT2D eigenvalue weighted by Crippen LogP contribution is 2.25. The molecule has 25 heavy (non-hydrogen) atoms. The van der Waals surface area contributed by atoms with Gasteiger partial charge in [0, 0.05) is 23.5 Å². The fraction of sp³-hybridized carbons (Fsp3) is 0.312. The van der Waals surface area contributed by atoms with Gasteiger partial charge in [0.2, 0.25) is 0 Å². The van der Waals surface area contributed by atoms with Gasteiger partial charge in [-0.2, -0.15) is 10.4 Å². The molecule has 3 aromatic rings. The third kappa shape index (κ3) is 2.78. The summed E-state index contributed by atoms with van der Waals surface area (Å²) in [5.41, 5.74) is 1.81. The Balaban J connectivity index is 2.21. The summed E-state index contributed by atoms with van der Waals surface area (Å²) in [5, 5.41) is 16.1. The van der Waals surface area contributed by atoms with Crippen LogP contribution in [0.4, 0.5) is 0 Å². The number of fused-ring (bicyclic) bond motifs is 1. The van der Waals surface area contributed by atoms with Gasteiger partial charge in [-0.15, -0.1) is 0 Å². The predicted molar refractivity (Wildman–Crippen MR) is 87.9 cm³/mol. The van der Waals surface area contributed by atoms with E-state index in [0.717, 1.165) is 0 Å². The number of nitrogens with one attached hydrogen (secondary N) is 1. The van der Waals surface area contributed by atoms with Gasteiger partial charge in [-0.05, 0) is 5.92 Å². The van der Waals surface area contributed by atoms with E-state index >= 15 is 0 Å². The van der Waals surface area contributed by atoms with E-state index in [0.29, 0.717) is 16.8 Å². The number of carbonyl (C=O) groups excluding carboxylic acids is 1. The Labute approximate surface area is 142 Å². The summed E-state index contributed by atoms with van der Waals surface area (Å²) in [6, 6.07) is 2.01. The van der Waals surface area contributed by atoms with E-state index in [-0.39, 0.29) is 29.2 Å². The largest absolute Gasteiger partial charge is 0.468 e. The van der Waals surface area contributed by atoms with Crippen molar-refractivity contribution in [2.45, 2.75) is 26.3 Å². The van der Waals surface area contributed by atoms with E-state index in [4.69, 9.17) is 0 Å². The Morgan fingerprint density at radius 2 is 2.24 bits per heavy atom. The average molecular weight is 340 g/mol. The van der Waals surface area contributed by atoms with Crippen molar-refractivity contribution in [3.05, 3.63) is 40.1 Å². The fourth-order valence-electron chi connectivity index (χ4n) is 2.62. The monoisotopic (exact) mass is 340 g/mol. The zero-order valence-electron chi connectivity index (χ0n) is 14.0. The zero-order chi connectivity index (χ0) is 18.1. The SMILES string of the molecule is COC(=O)Cn1cc(-c2nc3c(C#N)c[nH]n3c(=O)c2C(C)C)cn1. The van der Waals surface area contributed by atoms with Crippen molar-refractivity contribution in [2.75, 3.05) is 7.11 Å². The van der Waals surface area contributed by atoms with Crippen LogP contribution in [0, 0.1) is 11.3 Å². The molecule has 0 aliphatic carbocycles. The molecule has 0 saturated heterocycles. The van der Waals surface area contributed by atoms with E-state index in [1.165, 1.54) is 28.7 Å². The van der Waals surface area contributed by atoms with Gasteiger partial charge < -0.3 is 4.74 Å². The highest BCUT2D eigenvalue weighted by Gasteiger charge is 2.21. The smallest absolute Gasteiger partial charge is 0.327 e. The fourth-order valence-corrected chi connectivity index (χ4v) is 2.62. The number of hydrogen-bond acceptors (Lipinski definition) is 6. The molecule has 9 heteroatoms. The highest BCUT2D eigenvalue weighted by atomic mass is 16.5. The average Bonchev–Trinajstić information content (AvgIpc) is 3.20. The summed E-state index contributed by atoms with van der Waals surface area (Å²) in [4.78, 5) is 28.7. The molecule has 0 aromatic carbocycles. The first-order chi connectivity index (χ1) is 12.0. The second-order valence-corrected chi connectivity index (χ2v) is 5.79. The Morgan fingerprint density at radius 1 is 1.48 bits per heavy atom. The minimum atomic E-state index is -0.431. The van der Waals surface area contributed by atoms with Crippen molar-refractivity contribution in [3.63, 3.8) is 0 Å². The summed E-state index contributed by atoms with van der Waals surface area (Å²) >= 11 is 0. The van der Waals surface area contributed by atoms with E-state index in [1.54, 1.807) is 6.20 Å². The summed E-state index contributed by atoms with van der Waals surface area (Å²) in [6.07, 6.45) is 4.60. The maximum atomic E-state index is 12.8. The quantitative estimate of drug-likeness (QED) is 0.709. The van der Waals surface area contributed by atoms with Crippen LogP contribution in [-0.4, -0.2) is 37.5 Å². The molecule has 9 nitrogen and oxygen atoms in total. The van der Waals surface area contributed by atoms with E-state index in [1.807, 2.05) is 19.9 Å². The molecule has 3 rings (SSSR count). The highest BCUT2D eigenvalue weighted by molar-refractivity contribution is 5.70. The molecule has 3 aromatic heterocycles. The Hall–Kier alpha value is -3.41. The van der Waals surface area contributed by atoms with E-state index in [9.17, 15) is 14.9 Å². The number of hydrogen-bond donors (Lipinski definition) is 1. The van der Waals surface area contributed by atoms with E-state index in [2.05, 4.69) is 19.9 Å². The molecule has 0 aliphatic rings. The van der Waals surface area contributed by atoms with Crippen LogP contribution in [0.3, 0.4) is 0 Å². The zero-order valence-corrected chi connectivity index (χ0v) is 14.0. The number of ether oxygens (including phenoxy) is 1. The van der Waals surface area contributed by atoms with Gasteiger partial charge in [-0.1, -0.05) is 13.8 Å². The number of nitriles is 1. The second-order valence-electron chi connectivity index (χ2n) is 5.79. The molecule has 3 heterocycles. The molecule has 0 atom stereocenters. The lowest BCUT2D eigenvalue weighted by Crippen LogP contribution is -2.22. The van der Waals surface area contributed by atoms with Crippen molar-refractivity contribution in [1.82, 2.24) is 24.4 Å². The van der Waals surface area contributed by atoms with Crippen molar-refractivity contribution >= 4 is 11.6 Å². The predicted octanol–water partition coefficient (Wildman–Crippen LogP) is 1.05. The van der Waals surface area contributed by atoms with Crippen LogP contribution in [0.1, 0.15) is 30.9 Å². The molecule has 128 valence electrons. The van der Waals surface area contributed by atoms with E-state index < -0.39 is 5.97 Å². The van der Waals surface area contributed by atoms with Crippen LogP contribution in [0.5, 0.6) is 0 Å². The van der Waals surface area contributed by atoms with Gasteiger partial charge >= 0.3 is 5.97 Å². The van der Waals surface area contributed by atoms with Gasteiger partial charge in [0.15, 0.2) is 5.65 Å². The molecule has 0 bridgehead atoms. The van der Waals surface area contributed by atoms with Gasteiger partial charge in [-0.25, -0.2) is 9.50 Å². The summed E-state index contributed by atoms with van der Waals surface area (Å²) in [7, 11) is 1.30. The van der Waals surface area contributed by atoms with Gasteiger partial charge in [-0.3, -0.25) is 19.4 Å². The summed E-state index contributed by atoms with van der Waals surface area (Å²) in [6.45, 7) is 3.74. The molecule has 0 unspecified atom stereocenters. The number of methoxy groups -OCH3 is 1. The number of aromatic nitrogens is 5. The maximum Gasteiger partial charge on any atom is 0.327 e. The van der Waals surface area contributed by atoms with Crippen molar-refractivity contribution in [2.24, 2.45) is 0 Å². The Bertz CT molecular complexity index is 1050. The molecule has 1 N–H and O–H groups in total. The lowest BCUT2D eigenvalue weighted by molar-refractivity contribution is -0.141. The van der Waals surface area contributed by atoms with Gasteiger partial charge in [0.25, 0.3) is 5.56 Å². The molecule has 0 radical (unpaired) electrons. The standard InChI is InChI=1S/C16H16N6O3/c1-9(2)13-14(11-6-18-21(7-11)8-12(23)25-3)20-15-10(4-17)5-19-22(15)16(13)24/h5-7,9,19H,8H2,1-3H3. The number of H-pyrrole nitrogens is 1. The third-order valence-corrected chi connectivity index (χ3v) is 3.82. The number of carbonyl (C=O) groups is 1. The van der Waals surface area contributed by atoms with Crippen LogP contribution in [-0.2, 0) is 16.1 Å². The number of nitrogens with zero attached hydrogens (tertiary/aromatic N) is 5. The van der Waals surface area contributed by atoms with Crippen molar-refractivity contribution in [3.8, 4) is 17.3 Å². The number of aromatic amines is 1. The lowest BCUT2D eigenvalue weighted by Gasteiger charge is -2.10. The first kappa shape index (κ1) is 16.4. The summed E-state index contributed by atoms with van der Waals surface area (Å²) < 4.78 is 7.29. The molecule has 0 amide bonds. The van der Waals surface area contributed by atoms with Crippen LogP contribution in [0.2, 0.25) is 0 Å². The molecule has 0 saturated carbocycles. The van der Waals surface area contributed by atoms with Crippen LogP contribution in [0.15, 0.2) is 23.4 Å². The van der Waals surface area contributed by atoms with Crippen LogP contribution < -0.4 is 5.56 Å². The first-order valence-electron chi connectivity index (χ1n) is 7.60. The maximum absolute atomic E-state index is 12.8. The van der Waals surface area contributed by atoms with Gasteiger partial charge in [0.05, 0.1) is 19.0 Å². The first-order valence-corrected chi connectivity index (χ1v) is 7.60. The van der Waals surface area contributed by atoms with Crippen molar-refractivity contribution in [1.29, 1.82) is 5.26 Å². The van der Waals surface area contributed by atoms with Crippen molar-refractivity contribution < 1.29 is 9.53 Å². The summed E-state index contributed by atoms with van der Waals surface area (Å²) in [5.74, 6) is -0.524. The Morgan fingerprint density at radius 3 is 2.88 bits per heavy atom. The molecule has 0 spiro atoms. The topological polar surface area (TPSA) is 118 Å². The lowest BCUT2D eigenvalue weighted by atomic mass is 10.00. The molecule has 0 fully saturated rings. The molecular formula is C16H16N6O3. The minimum Gasteiger partial charge on any atom is -0.468 e. The molecular weight excluding hydrogens is 324 g/mol. The number of esters is 1. The number of rotatable bonds is 4. The Kier molecular flexibility index (Phi) is 4.10. The van der Waals surface area contributed by atoms with Gasteiger partial charge in [0.1, 0.15) is 18.2 Å². The second kappa shape index (κ2) is 6.24. The van der Waals surface area contributed by atoms with Crippen LogP contribution in [0.25, 0.3) is 16.9 Å². The van der Waals surface area contributed by atoms with Crippen LogP contribution >= 0.6 is 0 Å². The molecule has 0 aliphatic heterocycles. The minimum absolute atomic E-state index is 0.0393. The third-order valence-electron chi connectivity index (χ3n) is 3.82. The normalized spacial score (nSPS) is 11.0.